The highest BCUT2D eigenvalue weighted by atomic mass is 32.2. The predicted octanol–water partition coefficient (Wildman–Crippen LogP) is 1.44. The number of hydrogen-bond donors (Lipinski definition) is 1. The highest BCUT2D eigenvalue weighted by Crippen LogP contribution is 2.22. The van der Waals surface area contributed by atoms with Gasteiger partial charge in [0.2, 0.25) is 0 Å². The van der Waals surface area contributed by atoms with Crippen molar-refractivity contribution in [2.45, 2.75) is 56.7 Å². The first kappa shape index (κ1) is 12.5. The van der Waals surface area contributed by atoms with Crippen molar-refractivity contribution in [1.82, 2.24) is 5.32 Å². The lowest BCUT2D eigenvalue weighted by Gasteiger charge is -2.33. The van der Waals surface area contributed by atoms with Gasteiger partial charge < -0.3 is 10.1 Å². The zero-order valence-corrected chi connectivity index (χ0v) is 10.9. The minimum Gasteiger partial charge on any atom is -0.381 e. The van der Waals surface area contributed by atoms with Gasteiger partial charge in [0.05, 0.1) is 6.10 Å². The van der Waals surface area contributed by atoms with Crippen LogP contribution < -0.4 is 5.32 Å². The first-order valence-electron chi connectivity index (χ1n) is 6.41. The van der Waals surface area contributed by atoms with Crippen LogP contribution in [0.15, 0.2) is 0 Å². The van der Waals surface area contributed by atoms with Crippen molar-refractivity contribution in [2.24, 2.45) is 0 Å². The molecule has 0 radical (unpaired) electrons. The van der Waals surface area contributed by atoms with E-state index in [1.807, 2.05) is 7.11 Å². The van der Waals surface area contributed by atoms with Crippen LogP contribution in [-0.2, 0) is 15.5 Å². The van der Waals surface area contributed by atoms with Gasteiger partial charge in [-0.05, 0) is 38.5 Å². The van der Waals surface area contributed by atoms with Crippen molar-refractivity contribution < 1.29 is 8.95 Å². The van der Waals surface area contributed by atoms with E-state index in [2.05, 4.69) is 5.32 Å². The van der Waals surface area contributed by atoms with Gasteiger partial charge in [0.25, 0.3) is 0 Å². The second-order valence-corrected chi connectivity index (χ2v) is 6.69. The third-order valence-electron chi connectivity index (χ3n) is 3.87. The fourth-order valence-electron chi connectivity index (χ4n) is 2.76. The molecule has 0 atom stereocenters. The maximum Gasteiger partial charge on any atom is 0.0572 e. The summed E-state index contributed by atoms with van der Waals surface area (Å²) in [6, 6.07) is 1.28. The van der Waals surface area contributed by atoms with Gasteiger partial charge in [-0.15, -0.1) is 0 Å². The molecular formula is C12H23NO2S. The monoisotopic (exact) mass is 245 g/mol. The van der Waals surface area contributed by atoms with E-state index < -0.39 is 10.8 Å². The molecule has 0 aromatic heterocycles. The van der Waals surface area contributed by atoms with Crippen LogP contribution in [0.4, 0.5) is 0 Å². The van der Waals surface area contributed by atoms with E-state index >= 15 is 0 Å². The Bertz CT molecular complexity index is 229. The summed E-state index contributed by atoms with van der Waals surface area (Å²) in [5.74, 6) is 1.79. The van der Waals surface area contributed by atoms with E-state index in [0.29, 0.717) is 18.2 Å². The number of ether oxygens (including phenoxy) is 1. The number of nitrogens with one attached hydrogen (secondary N) is 1. The van der Waals surface area contributed by atoms with Crippen LogP contribution in [0.1, 0.15) is 38.5 Å². The third-order valence-corrected chi connectivity index (χ3v) is 5.25. The van der Waals surface area contributed by atoms with Crippen molar-refractivity contribution in [2.75, 3.05) is 18.6 Å². The van der Waals surface area contributed by atoms with E-state index in [4.69, 9.17) is 4.74 Å². The van der Waals surface area contributed by atoms with Gasteiger partial charge in [-0.1, -0.05) is 0 Å². The molecule has 1 N–H and O–H groups in total. The lowest BCUT2D eigenvalue weighted by atomic mass is 9.92. The lowest BCUT2D eigenvalue weighted by molar-refractivity contribution is 0.0609. The average molecular weight is 245 g/mol. The maximum absolute atomic E-state index is 11.2. The second kappa shape index (κ2) is 6.12. The SMILES string of the molecule is COC1CCC(NC2CCS(=O)CC2)CC1. The van der Waals surface area contributed by atoms with Gasteiger partial charge in [0.15, 0.2) is 0 Å². The molecule has 4 heteroatoms. The van der Waals surface area contributed by atoms with Crippen molar-refractivity contribution in [3.05, 3.63) is 0 Å². The quantitative estimate of drug-likeness (QED) is 0.818. The first-order chi connectivity index (χ1) is 7.78. The van der Waals surface area contributed by atoms with Gasteiger partial charge >= 0.3 is 0 Å². The van der Waals surface area contributed by atoms with Crippen molar-refractivity contribution in [3.8, 4) is 0 Å². The van der Waals surface area contributed by atoms with Crippen molar-refractivity contribution in [1.29, 1.82) is 0 Å². The van der Waals surface area contributed by atoms with Crippen LogP contribution in [0.2, 0.25) is 0 Å². The van der Waals surface area contributed by atoms with Crippen molar-refractivity contribution >= 4 is 10.8 Å². The Morgan fingerprint density at radius 3 is 2.12 bits per heavy atom. The Morgan fingerprint density at radius 2 is 1.56 bits per heavy atom. The molecule has 2 aliphatic rings. The molecular weight excluding hydrogens is 222 g/mol. The second-order valence-electron chi connectivity index (χ2n) is 5.00. The van der Waals surface area contributed by atoms with Gasteiger partial charge in [-0.2, -0.15) is 0 Å². The molecule has 0 aromatic rings. The first-order valence-corrected chi connectivity index (χ1v) is 7.90. The largest absolute Gasteiger partial charge is 0.381 e. The highest BCUT2D eigenvalue weighted by molar-refractivity contribution is 7.85. The van der Waals surface area contributed by atoms with Gasteiger partial charge in [0, 0.05) is 41.5 Å². The zero-order valence-electron chi connectivity index (χ0n) is 10.1. The Balaban J connectivity index is 1.68. The Kier molecular flexibility index (Phi) is 4.79. The highest BCUT2D eigenvalue weighted by Gasteiger charge is 2.24. The Labute approximate surface area is 101 Å². The van der Waals surface area contributed by atoms with Crippen LogP contribution in [-0.4, -0.2) is 41.0 Å². The van der Waals surface area contributed by atoms with E-state index in [0.717, 1.165) is 24.3 Å². The zero-order chi connectivity index (χ0) is 11.4. The fraction of sp³-hybridized carbons (Fsp3) is 1.00. The van der Waals surface area contributed by atoms with Crippen LogP contribution in [0.3, 0.4) is 0 Å². The average Bonchev–Trinajstić information content (AvgIpc) is 2.33. The molecule has 0 unspecified atom stereocenters. The molecule has 1 saturated heterocycles. The predicted molar refractivity (Wildman–Crippen MR) is 67.1 cm³/mol. The van der Waals surface area contributed by atoms with Gasteiger partial charge in [-0.3, -0.25) is 4.21 Å². The molecule has 16 heavy (non-hydrogen) atoms. The summed E-state index contributed by atoms with van der Waals surface area (Å²) in [5.41, 5.74) is 0. The minimum atomic E-state index is -0.535. The molecule has 1 saturated carbocycles. The summed E-state index contributed by atoms with van der Waals surface area (Å²) in [7, 11) is 1.28. The standard InChI is InChI=1S/C12H23NO2S/c1-15-12-4-2-10(3-5-12)13-11-6-8-16(14)9-7-11/h10-13H,2-9H2,1H3. The summed E-state index contributed by atoms with van der Waals surface area (Å²) in [5, 5.41) is 3.73. The molecule has 0 bridgehead atoms. The summed E-state index contributed by atoms with van der Waals surface area (Å²) < 4.78 is 16.6. The Hall–Kier alpha value is 0.0700. The smallest absolute Gasteiger partial charge is 0.0572 e. The molecule has 2 fully saturated rings. The van der Waals surface area contributed by atoms with E-state index in [1.165, 1.54) is 25.7 Å². The fourth-order valence-corrected chi connectivity index (χ4v) is 4.06. The summed E-state index contributed by atoms with van der Waals surface area (Å²) in [6.45, 7) is 0. The van der Waals surface area contributed by atoms with Gasteiger partial charge in [-0.25, -0.2) is 0 Å². The number of rotatable bonds is 3. The number of methoxy groups -OCH3 is 1. The third kappa shape index (κ3) is 3.54. The molecule has 2 rings (SSSR count). The normalized spacial score (nSPS) is 40.8. The molecule has 3 nitrogen and oxygen atoms in total. The molecule has 1 aliphatic heterocycles. The van der Waals surface area contributed by atoms with Crippen LogP contribution in [0.5, 0.6) is 0 Å². The van der Waals surface area contributed by atoms with Crippen LogP contribution in [0, 0.1) is 0 Å². The topological polar surface area (TPSA) is 38.3 Å². The molecule has 1 aliphatic carbocycles. The summed E-state index contributed by atoms with van der Waals surface area (Å²) in [6.07, 6.45) is 7.51. The lowest BCUT2D eigenvalue weighted by Crippen LogP contribution is -2.44. The van der Waals surface area contributed by atoms with Crippen molar-refractivity contribution in [3.63, 3.8) is 0 Å². The van der Waals surface area contributed by atoms with Gasteiger partial charge in [0.1, 0.15) is 0 Å². The summed E-state index contributed by atoms with van der Waals surface area (Å²) in [4.78, 5) is 0. The van der Waals surface area contributed by atoms with Crippen LogP contribution >= 0.6 is 0 Å². The minimum absolute atomic E-state index is 0.483. The van der Waals surface area contributed by atoms with E-state index in [-0.39, 0.29) is 0 Å². The molecule has 1 heterocycles. The molecule has 0 amide bonds. The molecule has 0 aromatic carbocycles. The Morgan fingerprint density at radius 1 is 1.00 bits per heavy atom. The number of hydrogen-bond acceptors (Lipinski definition) is 3. The molecule has 0 spiro atoms. The molecule has 94 valence electrons. The van der Waals surface area contributed by atoms with Crippen LogP contribution in [0.25, 0.3) is 0 Å². The van der Waals surface area contributed by atoms with E-state index in [9.17, 15) is 4.21 Å². The van der Waals surface area contributed by atoms with E-state index in [1.54, 1.807) is 0 Å². The summed E-state index contributed by atoms with van der Waals surface area (Å²) >= 11 is 0. The maximum atomic E-state index is 11.2.